The highest BCUT2D eigenvalue weighted by atomic mass is 16.7. The average Bonchev–Trinajstić information content (AvgIpc) is 2.89. The lowest BCUT2D eigenvalue weighted by Gasteiger charge is -2.32. The van der Waals surface area contributed by atoms with Crippen molar-refractivity contribution in [3.8, 4) is 11.5 Å². The van der Waals surface area contributed by atoms with Crippen molar-refractivity contribution in [2.24, 2.45) is 0 Å². The normalized spacial score (nSPS) is 18.7. The smallest absolute Gasteiger partial charge is 0.495 e. The minimum absolute atomic E-state index is 0.0286. The molecule has 1 atom stereocenters. The van der Waals surface area contributed by atoms with E-state index in [1.165, 1.54) is 5.56 Å². The van der Waals surface area contributed by atoms with Crippen LogP contribution in [0, 0.1) is 0 Å². The van der Waals surface area contributed by atoms with Crippen LogP contribution in [0.2, 0.25) is 0 Å². The van der Waals surface area contributed by atoms with Gasteiger partial charge in [0.15, 0.2) is 0 Å². The number of nitrogens with zero attached hydrogens (tertiary/aromatic N) is 1. The lowest BCUT2D eigenvalue weighted by atomic mass is 9.73. The molecular weight excluding hydrogens is 365 g/mol. The van der Waals surface area contributed by atoms with Gasteiger partial charge in [-0.3, -0.25) is 4.90 Å². The predicted molar refractivity (Wildman–Crippen MR) is 117 cm³/mol. The zero-order valence-electron chi connectivity index (χ0n) is 18.8. The number of methoxy groups -OCH3 is 2. The molecule has 0 bridgehead atoms. The van der Waals surface area contributed by atoms with E-state index in [1.54, 1.807) is 14.2 Å². The van der Waals surface area contributed by atoms with Crippen molar-refractivity contribution in [1.29, 1.82) is 0 Å². The molecule has 29 heavy (non-hydrogen) atoms. The maximum absolute atomic E-state index is 6.38. The Morgan fingerprint density at radius 2 is 1.34 bits per heavy atom. The van der Waals surface area contributed by atoms with Crippen molar-refractivity contribution >= 4 is 12.6 Å². The molecule has 6 heteroatoms. The average molecular weight is 397 g/mol. The van der Waals surface area contributed by atoms with E-state index in [2.05, 4.69) is 64.9 Å². The summed E-state index contributed by atoms with van der Waals surface area (Å²) < 4.78 is 23.6. The van der Waals surface area contributed by atoms with E-state index in [0.717, 1.165) is 22.5 Å². The molecule has 0 unspecified atom stereocenters. The summed E-state index contributed by atoms with van der Waals surface area (Å²) in [7, 11) is 7.04. The predicted octanol–water partition coefficient (Wildman–Crippen LogP) is 3.65. The molecule has 1 heterocycles. The quantitative estimate of drug-likeness (QED) is 0.696. The summed E-state index contributed by atoms with van der Waals surface area (Å²) >= 11 is 0. The third-order valence-electron chi connectivity index (χ3n) is 6.04. The SMILES string of the molecule is COc1ccc([C@@H](c2ccc(OC)cc2B2OC(C)(C)C(C)(C)O2)N(C)C)cc1. The van der Waals surface area contributed by atoms with Gasteiger partial charge in [0.1, 0.15) is 11.5 Å². The van der Waals surface area contributed by atoms with Crippen LogP contribution in [-0.2, 0) is 9.31 Å². The van der Waals surface area contributed by atoms with Gasteiger partial charge in [0.05, 0.1) is 31.5 Å². The van der Waals surface area contributed by atoms with Gasteiger partial charge in [0.25, 0.3) is 0 Å². The molecule has 2 aromatic carbocycles. The number of rotatable bonds is 6. The zero-order chi connectivity index (χ0) is 21.4. The minimum atomic E-state index is -0.467. The molecule has 0 N–H and O–H groups in total. The summed E-state index contributed by atoms with van der Waals surface area (Å²) in [4.78, 5) is 2.19. The van der Waals surface area contributed by atoms with Gasteiger partial charge in [0.2, 0.25) is 0 Å². The van der Waals surface area contributed by atoms with Gasteiger partial charge in [-0.05, 0) is 82.6 Å². The first-order chi connectivity index (χ1) is 13.6. The third kappa shape index (κ3) is 4.15. The molecule has 0 spiro atoms. The maximum Gasteiger partial charge on any atom is 0.495 e. The molecule has 0 aliphatic carbocycles. The van der Waals surface area contributed by atoms with Crippen molar-refractivity contribution < 1.29 is 18.8 Å². The molecule has 0 radical (unpaired) electrons. The van der Waals surface area contributed by atoms with Crippen LogP contribution in [0.4, 0.5) is 0 Å². The fourth-order valence-corrected chi connectivity index (χ4v) is 3.65. The zero-order valence-corrected chi connectivity index (χ0v) is 18.8. The van der Waals surface area contributed by atoms with Gasteiger partial charge in [-0.1, -0.05) is 18.2 Å². The summed E-state index contributed by atoms with van der Waals surface area (Å²) in [6.45, 7) is 8.28. The van der Waals surface area contributed by atoms with Crippen molar-refractivity contribution in [2.45, 2.75) is 44.9 Å². The first kappa shape index (κ1) is 21.7. The molecule has 0 aromatic heterocycles. The number of hydrogen-bond acceptors (Lipinski definition) is 5. The van der Waals surface area contributed by atoms with E-state index in [0.29, 0.717) is 0 Å². The van der Waals surface area contributed by atoms with Crippen molar-refractivity contribution in [1.82, 2.24) is 4.90 Å². The van der Waals surface area contributed by atoms with Gasteiger partial charge in [-0.25, -0.2) is 0 Å². The Labute approximate surface area is 175 Å². The largest absolute Gasteiger partial charge is 0.497 e. The van der Waals surface area contributed by atoms with Crippen LogP contribution in [0.5, 0.6) is 11.5 Å². The van der Waals surface area contributed by atoms with E-state index < -0.39 is 18.3 Å². The summed E-state index contributed by atoms with van der Waals surface area (Å²) in [5, 5.41) is 0. The summed E-state index contributed by atoms with van der Waals surface area (Å²) in [5.41, 5.74) is 2.45. The van der Waals surface area contributed by atoms with Gasteiger partial charge in [-0.15, -0.1) is 0 Å². The fraction of sp³-hybridized carbons (Fsp3) is 0.478. The van der Waals surface area contributed by atoms with Crippen LogP contribution in [-0.4, -0.2) is 51.5 Å². The highest BCUT2D eigenvalue weighted by Gasteiger charge is 2.52. The second kappa shape index (κ2) is 8.02. The number of ether oxygens (including phenoxy) is 2. The highest BCUT2D eigenvalue weighted by molar-refractivity contribution is 6.62. The third-order valence-corrected chi connectivity index (χ3v) is 6.04. The Bertz CT molecular complexity index is 832. The Morgan fingerprint density at radius 3 is 1.83 bits per heavy atom. The Kier molecular flexibility index (Phi) is 5.99. The molecule has 1 aliphatic rings. The van der Waals surface area contributed by atoms with Crippen molar-refractivity contribution in [2.75, 3.05) is 28.3 Å². The highest BCUT2D eigenvalue weighted by Crippen LogP contribution is 2.38. The van der Waals surface area contributed by atoms with Crippen LogP contribution in [0.1, 0.15) is 44.9 Å². The lowest BCUT2D eigenvalue weighted by Crippen LogP contribution is -2.41. The van der Waals surface area contributed by atoms with Crippen LogP contribution in [0.3, 0.4) is 0 Å². The minimum Gasteiger partial charge on any atom is -0.497 e. The second-order valence-corrected chi connectivity index (χ2v) is 8.72. The van der Waals surface area contributed by atoms with Crippen LogP contribution in [0.25, 0.3) is 0 Å². The number of benzene rings is 2. The van der Waals surface area contributed by atoms with Gasteiger partial charge >= 0.3 is 7.12 Å². The van der Waals surface area contributed by atoms with E-state index in [1.807, 2.05) is 24.3 Å². The van der Waals surface area contributed by atoms with Crippen LogP contribution < -0.4 is 14.9 Å². The van der Waals surface area contributed by atoms with Crippen molar-refractivity contribution in [3.63, 3.8) is 0 Å². The topological polar surface area (TPSA) is 40.2 Å². The molecule has 2 aromatic rings. The molecule has 1 aliphatic heterocycles. The van der Waals surface area contributed by atoms with Gasteiger partial charge in [-0.2, -0.15) is 0 Å². The standard InChI is InChI=1S/C23H32BNO4/c1-22(2)23(3,4)29-24(28-22)20-15-18(27-8)13-14-19(20)21(25(5)6)16-9-11-17(26-7)12-10-16/h9-15,21H,1-8H3/t21-/m0/s1. The van der Waals surface area contributed by atoms with E-state index in [4.69, 9.17) is 18.8 Å². The monoisotopic (exact) mass is 397 g/mol. The molecular formula is C23H32BNO4. The molecule has 5 nitrogen and oxygen atoms in total. The summed E-state index contributed by atoms with van der Waals surface area (Å²) in [6.07, 6.45) is 0. The van der Waals surface area contributed by atoms with E-state index in [-0.39, 0.29) is 6.04 Å². The fourth-order valence-electron chi connectivity index (χ4n) is 3.65. The molecule has 3 rings (SSSR count). The molecule has 0 amide bonds. The summed E-state index contributed by atoms with van der Waals surface area (Å²) in [6, 6.07) is 14.3. The first-order valence-corrected chi connectivity index (χ1v) is 9.93. The Hall–Kier alpha value is -2.02. The second-order valence-electron chi connectivity index (χ2n) is 8.72. The number of hydrogen-bond donors (Lipinski definition) is 0. The first-order valence-electron chi connectivity index (χ1n) is 9.93. The molecule has 1 saturated heterocycles. The van der Waals surface area contributed by atoms with Gasteiger partial charge in [0, 0.05) is 0 Å². The van der Waals surface area contributed by atoms with Crippen LogP contribution in [0.15, 0.2) is 42.5 Å². The van der Waals surface area contributed by atoms with E-state index >= 15 is 0 Å². The van der Waals surface area contributed by atoms with Crippen molar-refractivity contribution in [3.05, 3.63) is 53.6 Å². The van der Waals surface area contributed by atoms with Crippen LogP contribution >= 0.6 is 0 Å². The molecule has 1 fully saturated rings. The lowest BCUT2D eigenvalue weighted by molar-refractivity contribution is 0.00578. The Morgan fingerprint density at radius 1 is 0.828 bits per heavy atom. The van der Waals surface area contributed by atoms with E-state index in [9.17, 15) is 0 Å². The molecule has 156 valence electrons. The maximum atomic E-state index is 6.38. The van der Waals surface area contributed by atoms with Gasteiger partial charge < -0.3 is 18.8 Å². The molecule has 0 saturated carbocycles. The summed E-state index contributed by atoms with van der Waals surface area (Å²) in [5.74, 6) is 1.62. The Balaban J connectivity index is 2.09.